The number of hydrogen-bond acceptors (Lipinski definition) is 4. The van der Waals surface area contributed by atoms with E-state index in [1.165, 1.54) is 0 Å². The molecule has 4 nitrogen and oxygen atoms in total. The second kappa shape index (κ2) is 7.67. The Morgan fingerprint density at radius 1 is 1.52 bits per heavy atom. The van der Waals surface area contributed by atoms with Gasteiger partial charge in [0, 0.05) is 48.2 Å². The van der Waals surface area contributed by atoms with E-state index in [9.17, 15) is 4.79 Å². The number of halogens is 1. The van der Waals surface area contributed by atoms with E-state index in [1.807, 2.05) is 23.4 Å². The number of carbonyl (C=O) groups is 1. The van der Waals surface area contributed by atoms with Crippen molar-refractivity contribution < 1.29 is 4.79 Å². The molecule has 1 N–H and O–H groups in total. The number of nitrogens with one attached hydrogen (secondary N) is 1. The highest BCUT2D eigenvalue weighted by atomic mass is 35.5. The predicted octanol–water partition coefficient (Wildman–Crippen LogP) is 2.40. The first-order valence-corrected chi connectivity index (χ1v) is 7.57. The molecule has 0 fully saturated rings. The first-order chi connectivity index (χ1) is 10.1. The summed E-state index contributed by atoms with van der Waals surface area (Å²) < 4.78 is 0. The van der Waals surface area contributed by atoms with Gasteiger partial charge in [0.25, 0.3) is 5.91 Å². The molecule has 0 atom stereocenters. The lowest BCUT2D eigenvalue weighted by Gasteiger charge is -2.14. The van der Waals surface area contributed by atoms with Crippen LogP contribution in [0.1, 0.15) is 5.56 Å². The minimum atomic E-state index is -0.303. The highest BCUT2D eigenvalue weighted by Gasteiger charge is 2.03. The Bertz CT molecular complexity index is 661. The van der Waals surface area contributed by atoms with Gasteiger partial charge in [0.2, 0.25) is 0 Å². The predicted molar refractivity (Wildman–Crippen MR) is 86.7 cm³/mol. The number of thiazole rings is 1. The normalized spacial score (nSPS) is 9.62. The fraction of sp³-hybridized carbons (Fsp3) is 0.200. The monoisotopic (exact) mass is 319 g/mol. The van der Waals surface area contributed by atoms with Crippen molar-refractivity contribution in [1.82, 2.24) is 10.3 Å². The molecule has 0 saturated heterocycles. The van der Waals surface area contributed by atoms with Crippen molar-refractivity contribution in [3.8, 4) is 11.8 Å². The van der Waals surface area contributed by atoms with Gasteiger partial charge in [-0.3, -0.25) is 4.79 Å². The van der Waals surface area contributed by atoms with Crippen molar-refractivity contribution in [2.45, 2.75) is 0 Å². The molecule has 108 valence electrons. The quantitative estimate of drug-likeness (QED) is 0.880. The van der Waals surface area contributed by atoms with Crippen LogP contribution in [0.2, 0.25) is 5.02 Å². The molecule has 0 unspecified atom stereocenters. The zero-order valence-electron chi connectivity index (χ0n) is 11.5. The highest BCUT2D eigenvalue weighted by molar-refractivity contribution is 7.13. The number of anilines is 1. The van der Waals surface area contributed by atoms with E-state index in [0.717, 1.165) is 10.7 Å². The van der Waals surface area contributed by atoms with Gasteiger partial charge < -0.3 is 10.2 Å². The molecule has 1 amide bonds. The standard InChI is InChI=1S/C15H14ClN3OS/c1-19(15-18-8-10-21-15)9-7-17-14(20)6-5-12-3-2-4-13(16)11-12/h2-4,8,10-11H,7,9H2,1H3,(H,17,20). The molecule has 0 aliphatic rings. The van der Waals surface area contributed by atoms with Gasteiger partial charge in [-0.25, -0.2) is 4.98 Å². The minimum absolute atomic E-state index is 0.303. The summed E-state index contributed by atoms with van der Waals surface area (Å²) in [7, 11) is 1.93. The SMILES string of the molecule is CN(CCNC(=O)C#Cc1cccc(Cl)c1)c1nccs1. The number of amides is 1. The Hall–Kier alpha value is -2.03. The first kappa shape index (κ1) is 15.4. The smallest absolute Gasteiger partial charge is 0.296 e. The third-order valence-corrected chi connectivity index (χ3v) is 3.74. The Labute approximate surface area is 132 Å². The molecule has 2 aromatic rings. The topological polar surface area (TPSA) is 45.2 Å². The van der Waals surface area contributed by atoms with E-state index < -0.39 is 0 Å². The highest BCUT2D eigenvalue weighted by Crippen LogP contribution is 2.14. The largest absolute Gasteiger partial charge is 0.349 e. The van der Waals surface area contributed by atoms with Crippen LogP contribution in [0.25, 0.3) is 0 Å². The van der Waals surface area contributed by atoms with E-state index in [4.69, 9.17) is 11.6 Å². The molecule has 1 aromatic heterocycles. The molecule has 0 aliphatic carbocycles. The van der Waals surface area contributed by atoms with Crippen LogP contribution < -0.4 is 10.2 Å². The van der Waals surface area contributed by atoms with Gasteiger partial charge in [-0.2, -0.15) is 0 Å². The van der Waals surface area contributed by atoms with Crippen LogP contribution in [0.15, 0.2) is 35.8 Å². The van der Waals surface area contributed by atoms with Crippen LogP contribution >= 0.6 is 22.9 Å². The van der Waals surface area contributed by atoms with Crippen molar-refractivity contribution in [3.63, 3.8) is 0 Å². The number of aromatic nitrogens is 1. The van der Waals surface area contributed by atoms with Crippen molar-refractivity contribution in [1.29, 1.82) is 0 Å². The first-order valence-electron chi connectivity index (χ1n) is 6.31. The summed E-state index contributed by atoms with van der Waals surface area (Å²) >= 11 is 7.41. The number of carbonyl (C=O) groups excluding carboxylic acids is 1. The molecule has 0 radical (unpaired) electrons. The van der Waals surface area contributed by atoms with Gasteiger partial charge in [0.15, 0.2) is 5.13 Å². The van der Waals surface area contributed by atoms with E-state index in [-0.39, 0.29) is 5.91 Å². The molecular formula is C15H14ClN3OS. The van der Waals surface area contributed by atoms with Gasteiger partial charge in [-0.1, -0.05) is 23.6 Å². The fourth-order valence-corrected chi connectivity index (χ4v) is 2.40. The molecule has 0 aliphatic heterocycles. The van der Waals surface area contributed by atoms with Crippen LogP contribution in [-0.2, 0) is 4.79 Å². The van der Waals surface area contributed by atoms with Crippen molar-refractivity contribution in [2.75, 3.05) is 25.0 Å². The maximum absolute atomic E-state index is 11.6. The van der Waals surface area contributed by atoms with Crippen molar-refractivity contribution in [2.24, 2.45) is 0 Å². The lowest BCUT2D eigenvalue weighted by molar-refractivity contribution is -0.115. The summed E-state index contributed by atoms with van der Waals surface area (Å²) in [5.41, 5.74) is 0.720. The van der Waals surface area contributed by atoms with E-state index in [2.05, 4.69) is 22.1 Å². The summed E-state index contributed by atoms with van der Waals surface area (Å²) in [5, 5.41) is 6.20. The molecule has 0 bridgehead atoms. The van der Waals surface area contributed by atoms with Crippen LogP contribution in [0.5, 0.6) is 0 Å². The summed E-state index contributed by atoms with van der Waals surface area (Å²) in [4.78, 5) is 17.8. The zero-order chi connectivity index (χ0) is 15.1. The van der Waals surface area contributed by atoms with E-state index in [1.54, 1.807) is 35.7 Å². The van der Waals surface area contributed by atoms with Gasteiger partial charge in [-0.15, -0.1) is 11.3 Å². The summed E-state index contributed by atoms with van der Waals surface area (Å²) in [6.45, 7) is 1.19. The van der Waals surface area contributed by atoms with Gasteiger partial charge in [0.1, 0.15) is 0 Å². The minimum Gasteiger partial charge on any atom is -0.349 e. The number of likely N-dealkylation sites (N-methyl/N-ethyl adjacent to an activating group) is 1. The Morgan fingerprint density at radius 3 is 3.10 bits per heavy atom. The van der Waals surface area contributed by atoms with Gasteiger partial charge >= 0.3 is 0 Å². The Kier molecular flexibility index (Phi) is 5.61. The van der Waals surface area contributed by atoms with Gasteiger partial charge in [0.05, 0.1) is 0 Å². The molecule has 6 heteroatoms. The summed E-state index contributed by atoms with van der Waals surface area (Å²) in [6, 6.07) is 7.09. The second-order valence-electron chi connectivity index (χ2n) is 4.25. The molecule has 0 saturated carbocycles. The van der Waals surface area contributed by atoms with Gasteiger partial charge in [-0.05, 0) is 18.2 Å². The van der Waals surface area contributed by atoms with E-state index >= 15 is 0 Å². The number of hydrogen-bond donors (Lipinski definition) is 1. The zero-order valence-corrected chi connectivity index (χ0v) is 13.0. The van der Waals surface area contributed by atoms with Crippen molar-refractivity contribution >= 4 is 34.0 Å². The molecular weight excluding hydrogens is 306 g/mol. The average molecular weight is 320 g/mol. The maximum Gasteiger partial charge on any atom is 0.296 e. The molecule has 1 aromatic carbocycles. The number of rotatable bonds is 4. The number of benzene rings is 1. The van der Waals surface area contributed by atoms with Crippen LogP contribution in [-0.4, -0.2) is 31.0 Å². The second-order valence-corrected chi connectivity index (χ2v) is 5.56. The summed E-state index contributed by atoms with van der Waals surface area (Å²) in [5.74, 6) is 5.02. The Morgan fingerprint density at radius 2 is 2.38 bits per heavy atom. The Balaban J connectivity index is 1.78. The van der Waals surface area contributed by atoms with E-state index in [0.29, 0.717) is 18.1 Å². The molecule has 2 rings (SSSR count). The fourth-order valence-electron chi connectivity index (χ4n) is 1.58. The summed E-state index contributed by atoms with van der Waals surface area (Å²) in [6.07, 6.45) is 1.76. The lowest BCUT2D eigenvalue weighted by atomic mass is 10.2. The van der Waals surface area contributed by atoms with Crippen LogP contribution in [0.4, 0.5) is 5.13 Å². The molecule has 0 spiro atoms. The lowest BCUT2D eigenvalue weighted by Crippen LogP contribution is -2.32. The van der Waals surface area contributed by atoms with Crippen LogP contribution in [0.3, 0.4) is 0 Å². The maximum atomic E-state index is 11.6. The third kappa shape index (κ3) is 5.10. The van der Waals surface area contributed by atoms with Crippen LogP contribution in [0, 0.1) is 11.8 Å². The molecule has 21 heavy (non-hydrogen) atoms. The third-order valence-electron chi connectivity index (χ3n) is 2.62. The average Bonchev–Trinajstić information content (AvgIpc) is 2.99. The molecule has 1 heterocycles. The number of nitrogens with zero attached hydrogens (tertiary/aromatic N) is 2. The van der Waals surface area contributed by atoms with Crippen molar-refractivity contribution in [3.05, 3.63) is 46.4 Å².